The fourth-order valence-corrected chi connectivity index (χ4v) is 2.20. The second-order valence-corrected chi connectivity index (χ2v) is 4.70. The van der Waals surface area contributed by atoms with Gasteiger partial charge >= 0.3 is 0 Å². The maximum atomic E-state index is 9.54. The molecule has 5 nitrogen and oxygen atoms in total. The average molecular weight is 255 g/mol. The molecule has 0 aliphatic carbocycles. The molecule has 5 heteroatoms. The molecule has 0 saturated heterocycles. The quantitative estimate of drug-likeness (QED) is 0.773. The first kappa shape index (κ1) is 15.0. The molecule has 0 amide bonds. The van der Waals surface area contributed by atoms with Crippen LogP contribution in [0.5, 0.6) is 5.88 Å². The summed E-state index contributed by atoms with van der Waals surface area (Å²) in [5.41, 5.74) is 1.80. The van der Waals surface area contributed by atoms with Gasteiger partial charge in [0.2, 0.25) is 5.88 Å². The van der Waals surface area contributed by atoms with Crippen molar-refractivity contribution >= 4 is 0 Å². The summed E-state index contributed by atoms with van der Waals surface area (Å²) in [4.78, 5) is 0. The van der Waals surface area contributed by atoms with Crippen molar-refractivity contribution < 1.29 is 9.84 Å². The zero-order chi connectivity index (χ0) is 13.8. The van der Waals surface area contributed by atoms with E-state index < -0.39 is 0 Å². The number of nitrogens with zero attached hydrogens (tertiary/aromatic N) is 2. The van der Waals surface area contributed by atoms with E-state index >= 15 is 0 Å². The highest BCUT2D eigenvalue weighted by Crippen LogP contribution is 2.23. The van der Waals surface area contributed by atoms with E-state index in [1.165, 1.54) is 0 Å². The molecule has 0 radical (unpaired) electrons. The predicted octanol–water partition coefficient (Wildman–Crippen LogP) is 1.38. The number of rotatable bonds is 7. The Morgan fingerprint density at radius 3 is 2.44 bits per heavy atom. The Labute approximate surface area is 109 Å². The highest BCUT2D eigenvalue weighted by Gasteiger charge is 2.25. The van der Waals surface area contributed by atoms with Crippen LogP contribution < -0.4 is 10.1 Å². The molecule has 18 heavy (non-hydrogen) atoms. The van der Waals surface area contributed by atoms with Crippen molar-refractivity contribution in [2.45, 2.75) is 45.7 Å². The van der Waals surface area contributed by atoms with Gasteiger partial charge in [0.15, 0.2) is 0 Å². The Morgan fingerprint density at radius 2 is 2.00 bits per heavy atom. The van der Waals surface area contributed by atoms with Crippen molar-refractivity contribution in [2.24, 2.45) is 7.05 Å². The summed E-state index contributed by atoms with van der Waals surface area (Å²) in [6.07, 6.45) is 1.78. The minimum Gasteiger partial charge on any atom is -0.481 e. The van der Waals surface area contributed by atoms with Gasteiger partial charge in [-0.05, 0) is 19.8 Å². The number of hydrogen-bond donors (Lipinski definition) is 2. The molecule has 1 aromatic rings. The first-order chi connectivity index (χ1) is 8.53. The van der Waals surface area contributed by atoms with E-state index in [1.807, 2.05) is 14.0 Å². The van der Waals surface area contributed by atoms with Crippen LogP contribution in [-0.4, -0.2) is 34.1 Å². The molecule has 0 spiro atoms. The SMILES string of the molecule is CCC(CC)(CO)NCc1c(C)nn(C)c1OC. The van der Waals surface area contributed by atoms with Crippen LogP contribution in [0.2, 0.25) is 0 Å². The van der Waals surface area contributed by atoms with Gasteiger partial charge in [0, 0.05) is 19.1 Å². The van der Waals surface area contributed by atoms with Crippen LogP contribution >= 0.6 is 0 Å². The van der Waals surface area contributed by atoms with Crippen LogP contribution in [0.4, 0.5) is 0 Å². The molecule has 1 rings (SSSR count). The van der Waals surface area contributed by atoms with Crippen LogP contribution in [-0.2, 0) is 13.6 Å². The first-order valence-electron chi connectivity index (χ1n) is 6.46. The van der Waals surface area contributed by atoms with Crippen LogP contribution in [0, 0.1) is 6.92 Å². The van der Waals surface area contributed by atoms with Gasteiger partial charge in [-0.1, -0.05) is 13.8 Å². The van der Waals surface area contributed by atoms with E-state index in [9.17, 15) is 5.11 Å². The van der Waals surface area contributed by atoms with E-state index in [-0.39, 0.29) is 12.1 Å². The van der Waals surface area contributed by atoms with Gasteiger partial charge in [-0.25, -0.2) is 4.68 Å². The van der Waals surface area contributed by atoms with Crippen molar-refractivity contribution in [1.29, 1.82) is 0 Å². The molecule has 0 aliphatic heterocycles. The summed E-state index contributed by atoms with van der Waals surface area (Å²) in [5, 5.41) is 17.3. The third-order valence-corrected chi connectivity index (χ3v) is 3.78. The minimum atomic E-state index is -0.215. The molecule has 0 saturated carbocycles. The standard InChI is InChI=1S/C13H25N3O2/c1-6-13(7-2,9-17)14-8-11-10(3)15-16(4)12(11)18-5/h14,17H,6-9H2,1-5H3. The second kappa shape index (κ2) is 6.20. The summed E-state index contributed by atoms with van der Waals surface area (Å²) in [7, 11) is 3.52. The van der Waals surface area contributed by atoms with E-state index in [1.54, 1.807) is 11.8 Å². The number of aryl methyl sites for hydroxylation is 2. The van der Waals surface area contributed by atoms with E-state index in [0.717, 1.165) is 30.0 Å². The van der Waals surface area contributed by atoms with E-state index in [0.29, 0.717) is 6.54 Å². The lowest BCUT2D eigenvalue weighted by atomic mass is 9.93. The normalized spacial score (nSPS) is 11.9. The number of hydrogen-bond acceptors (Lipinski definition) is 4. The summed E-state index contributed by atoms with van der Waals surface area (Å²) < 4.78 is 7.10. The Morgan fingerprint density at radius 1 is 1.39 bits per heavy atom. The molecular formula is C13H25N3O2. The van der Waals surface area contributed by atoms with Gasteiger partial charge in [0.05, 0.1) is 25.0 Å². The molecule has 0 atom stereocenters. The van der Waals surface area contributed by atoms with Gasteiger partial charge in [-0.15, -0.1) is 0 Å². The van der Waals surface area contributed by atoms with Gasteiger partial charge in [0.1, 0.15) is 0 Å². The summed E-state index contributed by atoms with van der Waals surface area (Å²) in [6.45, 7) is 6.94. The average Bonchev–Trinajstić information content (AvgIpc) is 2.66. The van der Waals surface area contributed by atoms with E-state index in [2.05, 4.69) is 24.3 Å². The monoisotopic (exact) mass is 255 g/mol. The molecular weight excluding hydrogens is 230 g/mol. The zero-order valence-electron chi connectivity index (χ0n) is 12.1. The Bertz CT molecular complexity index is 376. The van der Waals surface area contributed by atoms with Crippen LogP contribution in [0.1, 0.15) is 37.9 Å². The maximum Gasteiger partial charge on any atom is 0.216 e. The third kappa shape index (κ3) is 2.84. The van der Waals surface area contributed by atoms with Gasteiger partial charge in [0.25, 0.3) is 0 Å². The van der Waals surface area contributed by atoms with Gasteiger partial charge < -0.3 is 15.2 Å². The maximum absolute atomic E-state index is 9.54. The molecule has 104 valence electrons. The predicted molar refractivity (Wildman–Crippen MR) is 71.7 cm³/mol. The smallest absolute Gasteiger partial charge is 0.216 e. The molecule has 0 fully saturated rings. The van der Waals surface area contributed by atoms with Gasteiger partial charge in [-0.3, -0.25) is 0 Å². The number of methoxy groups -OCH3 is 1. The molecule has 0 aromatic carbocycles. The van der Waals surface area contributed by atoms with E-state index in [4.69, 9.17) is 4.74 Å². The van der Waals surface area contributed by atoms with Crippen molar-refractivity contribution in [3.63, 3.8) is 0 Å². The third-order valence-electron chi connectivity index (χ3n) is 3.78. The number of ether oxygens (including phenoxy) is 1. The van der Waals surface area contributed by atoms with Crippen molar-refractivity contribution in [3.05, 3.63) is 11.3 Å². The lowest BCUT2D eigenvalue weighted by Gasteiger charge is -2.31. The van der Waals surface area contributed by atoms with Crippen molar-refractivity contribution in [1.82, 2.24) is 15.1 Å². The Kier molecular flexibility index (Phi) is 5.16. The molecule has 0 aliphatic rings. The Hall–Kier alpha value is -1.07. The molecule has 2 N–H and O–H groups in total. The fourth-order valence-electron chi connectivity index (χ4n) is 2.20. The van der Waals surface area contributed by atoms with Gasteiger partial charge in [-0.2, -0.15) is 5.10 Å². The molecule has 0 bridgehead atoms. The summed E-state index contributed by atoms with van der Waals surface area (Å²) in [5.74, 6) is 0.777. The lowest BCUT2D eigenvalue weighted by molar-refractivity contribution is 0.149. The van der Waals surface area contributed by atoms with Crippen molar-refractivity contribution in [2.75, 3.05) is 13.7 Å². The zero-order valence-corrected chi connectivity index (χ0v) is 12.1. The van der Waals surface area contributed by atoms with Crippen molar-refractivity contribution in [3.8, 4) is 5.88 Å². The second-order valence-electron chi connectivity index (χ2n) is 4.70. The highest BCUT2D eigenvalue weighted by atomic mass is 16.5. The lowest BCUT2D eigenvalue weighted by Crippen LogP contribution is -2.47. The minimum absolute atomic E-state index is 0.141. The largest absolute Gasteiger partial charge is 0.481 e. The topological polar surface area (TPSA) is 59.3 Å². The van der Waals surface area contributed by atoms with Crippen LogP contribution in [0.3, 0.4) is 0 Å². The summed E-state index contributed by atoms with van der Waals surface area (Å²) >= 11 is 0. The highest BCUT2D eigenvalue weighted by molar-refractivity contribution is 5.30. The number of aliphatic hydroxyl groups excluding tert-OH is 1. The molecule has 1 heterocycles. The number of aromatic nitrogens is 2. The van der Waals surface area contributed by atoms with Crippen LogP contribution in [0.25, 0.3) is 0 Å². The fraction of sp³-hybridized carbons (Fsp3) is 0.769. The number of nitrogens with one attached hydrogen (secondary N) is 1. The Balaban J connectivity index is 2.85. The number of aliphatic hydroxyl groups is 1. The van der Waals surface area contributed by atoms with Crippen LogP contribution in [0.15, 0.2) is 0 Å². The molecule has 1 aromatic heterocycles. The summed E-state index contributed by atoms with van der Waals surface area (Å²) in [6, 6.07) is 0. The molecule has 0 unspecified atom stereocenters. The first-order valence-corrected chi connectivity index (χ1v) is 6.46.